The number of carbonyl (C=O) groups excluding carboxylic acids is 1. The molecule has 1 aromatic rings. The molecule has 0 bridgehead atoms. The van der Waals surface area contributed by atoms with E-state index in [9.17, 15) is 9.90 Å². The number of epoxide rings is 1. The van der Waals surface area contributed by atoms with E-state index in [0.29, 0.717) is 18.9 Å². The van der Waals surface area contributed by atoms with Crippen LogP contribution in [0.1, 0.15) is 45.6 Å². The van der Waals surface area contributed by atoms with Crippen molar-refractivity contribution in [3.63, 3.8) is 0 Å². The largest absolute Gasteiger partial charge is 0.497 e. The van der Waals surface area contributed by atoms with E-state index in [1.807, 2.05) is 24.3 Å². The zero-order valence-corrected chi connectivity index (χ0v) is 19.7. The van der Waals surface area contributed by atoms with E-state index in [0.717, 1.165) is 29.7 Å². The zero-order chi connectivity index (χ0) is 23.3. The molecule has 176 valence electrons. The van der Waals surface area contributed by atoms with Crippen molar-refractivity contribution in [2.24, 2.45) is 11.8 Å². The minimum atomic E-state index is -0.847. The van der Waals surface area contributed by atoms with Gasteiger partial charge in [-0.3, -0.25) is 0 Å². The molecule has 2 aliphatic rings. The number of benzene rings is 1. The van der Waals surface area contributed by atoms with Gasteiger partial charge < -0.3 is 24.1 Å². The highest BCUT2D eigenvalue weighted by Gasteiger charge is 2.62. The Hall–Kier alpha value is -2.15. The molecule has 1 spiro atoms. The van der Waals surface area contributed by atoms with Crippen LogP contribution >= 0.6 is 0 Å². The summed E-state index contributed by atoms with van der Waals surface area (Å²) in [5.41, 5.74) is 1.58. The summed E-state index contributed by atoms with van der Waals surface area (Å²) in [5, 5.41) is 10.8. The molecule has 6 nitrogen and oxygen atoms in total. The maximum atomic E-state index is 12.6. The smallest absolute Gasteiger partial charge is 0.331 e. The fourth-order valence-electron chi connectivity index (χ4n) is 4.61. The fourth-order valence-corrected chi connectivity index (χ4v) is 4.61. The van der Waals surface area contributed by atoms with Gasteiger partial charge in [0.25, 0.3) is 0 Å². The summed E-state index contributed by atoms with van der Waals surface area (Å²) in [6.45, 7) is 7.08. The molecule has 0 aromatic heterocycles. The first-order valence-corrected chi connectivity index (χ1v) is 11.3. The molecule has 1 aromatic carbocycles. The van der Waals surface area contributed by atoms with Gasteiger partial charge in [-0.1, -0.05) is 37.6 Å². The molecule has 5 atom stereocenters. The molecule has 1 aliphatic heterocycles. The molecular weight excluding hydrogens is 408 g/mol. The van der Waals surface area contributed by atoms with E-state index in [4.69, 9.17) is 18.9 Å². The molecule has 3 rings (SSSR count). The van der Waals surface area contributed by atoms with Crippen molar-refractivity contribution in [2.45, 2.75) is 63.9 Å². The molecule has 2 fully saturated rings. The van der Waals surface area contributed by atoms with Crippen molar-refractivity contribution in [3.8, 4) is 5.75 Å². The Morgan fingerprint density at radius 2 is 1.94 bits per heavy atom. The number of ether oxygens (including phenoxy) is 4. The molecule has 1 N–H and O–H groups in total. The lowest BCUT2D eigenvalue weighted by Gasteiger charge is -2.43. The standard InChI is InChI=1S/C26H36O6/c1-17(2)7-6-8-18(3)23-25(30-5)24(21(27)15-26(23)16-31-26)32-22(28)14-11-19-9-12-20(29-4)13-10-19/h8-14,17,21,23-25,27H,6-7,15-16H2,1-5H3. The Bertz CT molecular complexity index is 821. The van der Waals surface area contributed by atoms with E-state index in [1.165, 1.54) is 6.08 Å². The SMILES string of the molecule is COc1ccc(C=CC(=O)OC2C(O)CC3(CO3)C(C(C)=CCCC(C)C)C2OC)cc1. The van der Waals surface area contributed by atoms with Crippen molar-refractivity contribution < 1.29 is 28.8 Å². The third-order valence-electron chi connectivity index (χ3n) is 6.42. The molecule has 0 amide bonds. The third-order valence-corrected chi connectivity index (χ3v) is 6.42. The van der Waals surface area contributed by atoms with Crippen LogP contribution in [0.25, 0.3) is 6.08 Å². The molecule has 32 heavy (non-hydrogen) atoms. The van der Waals surface area contributed by atoms with Gasteiger partial charge >= 0.3 is 5.97 Å². The van der Waals surface area contributed by atoms with Crippen LogP contribution in [0, 0.1) is 11.8 Å². The van der Waals surface area contributed by atoms with Crippen LogP contribution in [0.15, 0.2) is 42.0 Å². The quantitative estimate of drug-likeness (QED) is 0.267. The summed E-state index contributed by atoms with van der Waals surface area (Å²) >= 11 is 0. The second-order valence-electron chi connectivity index (χ2n) is 9.23. The maximum Gasteiger partial charge on any atom is 0.331 e. The number of aliphatic hydroxyl groups is 1. The highest BCUT2D eigenvalue weighted by atomic mass is 16.6. The van der Waals surface area contributed by atoms with Gasteiger partial charge in [0.15, 0.2) is 6.10 Å². The lowest BCUT2D eigenvalue weighted by molar-refractivity contribution is -0.179. The topological polar surface area (TPSA) is 77.5 Å². The number of aliphatic hydroxyl groups excluding tert-OH is 1. The van der Waals surface area contributed by atoms with Crippen molar-refractivity contribution >= 4 is 12.0 Å². The Morgan fingerprint density at radius 3 is 2.50 bits per heavy atom. The van der Waals surface area contributed by atoms with Crippen molar-refractivity contribution in [3.05, 3.63) is 47.6 Å². The number of hydrogen-bond donors (Lipinski definition) is 1. The second-order valence-corrected chi connectivity index (χ2v) is 9.23. The van der Waals surface area contributed by atoms with Crippen LogP contribution in [0.2, 0.25) is 0 Å². The summed E-state index contributed by atoms with van der Waals surface area (Å²) in [6, 6.07) is 7.35. The highest BCUT2D eigenvalue weighted by molar-refractivity contribution is 5.87. The van der Waals surface area contributed by atoms with Crippen molar-refractivity contribution in [2.75, 3.05) is 20.8 Å². The van der Waals surface area contributed by atoms with E-state index in [2.05, 4.69) is 26.8 Å². The van der Waals surface area contributed by atoms with Crippen LogP contribution in [0.5, 0.6) is 5.75 Å². The third kappa shape index (κ3) is 5.80. The minimum Gasteiger partial charge on any atom is -0.497 e. The van der Waals surface area contributed by atoms with Crippen LogP contribution in [0.4, 0.5) is 0 Å². The van der Waals surface area contributed by atoms with Crippen molar-refractivity contribution in [1.82, 2.24) is 0 Å². The number of methoxy groups -OCH3 is 2. The maximum absolute atomic E-state index is 12.6. The van der Waals surface area contributed by atoms with Gasteiger partial charge in [-0.25, -0.2) is 4.79 Å². The van der Waals surface area contributed by atoms with E-state index in [1.54, 1.807) is 20.3 Å². The predicted molar refractivity (Wildman–Crippen MR) is 123 cm³/mol. The molecule has 1 saturated carbocycles. The first kappa shape index (κ1) is 24.5. The lowest BCUT2D eigenvalue weighted by atomic mass is 9.70. The first-order valence-electron chi connectivity index (χ1n) is 11.3. The van der Waals surface area contributed by atoms with E-state index in [-0.39, 0.29) is 5.92 Å². The van der Waals surface area contributed by atoms with E-state index < -0.39 is 29.9 Å². The van der Waals surface area contributed by atoms with Gasteiger partial charge in [0.1, 0.15) is 17.5 Å². The number of carbonyl (C=O) groups is 1. The number of rotatable bonds is 9. The van der Waals surface area contributed by atoms with Crippen molar-refractivity contribution in [1.29, 1.82) is 0 Å². The average Bonchev–Trinajstić information content (AvgIpc) is 3.53. The van der Waals surface area contributed by atoms with Crippen LogP contribution in [0.3, 0.4) is 0 Å². The van der Waals surface area contributed by atoms with Gasteiger partial charge in [-0.15, -0.1) is 0 Å². The number of allylic oxidation sites excluding steroid dienone is 1. The molecule has 1 aliphatic carbocycles. The second kappa shape index (κ2) is 10.6. The Labute approximate surface area is 191 Å². The molecule has 6 heteroatoms. The average molecular weight is 445 g/mol. The van der Waals surface area contributed by atoms with Gasteiger partial charge in [-0.2, -0.15) is 0 Å². The Balaban J connectivity index is 1.71. The molecule has 5 unspecified atom stereocenters. The molecule has 0 radical (unpaired) electrons. The van der Waals surface area contributed by atoms with E-state index >= 15 is 0 Å². The summed E-state index contributed by atoms with van der Waals surface area (Å²) < 4.78 is 22.5. The van der Waals surface area contributed by atoms with Crippen LogP contribution in [-0.2, 0) is 19.0 Å². The predicted octanol–water partition coefficient (Wildman–Crippen LogP) is 4.17. The monoisotopic (exact) mass is 444 g/mol. The van der Waals surface area contributed by atoms with Gasteiger partial charge in [0.2, 0.25) is 0 Å². The summed E-state index contributed by atoms with van der Waals surface area (Å²) in [4.78, 5) is 12.6. The normalized spacial score (nSPS) is 30.2. The van der Waals surface area contributed by atoms with Gasteiger partial charge in [-0.05, 0) is 49.5 Å². The summed E-state index contributed by atoms with van der Waals surface area (Å²) in [6.07, 6.45) is 5.71. The van der Waals surface area contributed by atoms with Crippen LogP contribution in [-0.4, -0.2) is 55.8 Å². The minimum absolute atomic E-state index is 0.0635. The van der Waals surface area contributed by atoms with Gasteiger partial charge in [0, 0.05) is 25.5 Å². The summed E-state index contributed by atoms with van der Waals surface area (Å²) in [5.74, 6) is 0.797. The molecule has 1 saturated heterocycles. The molecular formula is C26H36O6. The number of hydrogen-bond acceptors (Lipinski definition) is 6. The highest BCUT2D eigenvalue weighted by Crippen LogP contribution is 2.50. The van der Waals surface area contributed by atoms with Gasteiger partial charge in [0.05, 0.1) is 19.8 Å². The Morgan fingerprint density at radius 1 is 1.25 bits per heavy atom. The number of esters is 1. The first-order chi connectivity index (χ1) is 15.3. The Kier molecular flexibility index (Phi) is 8.15. The zero-order valence-electron chi connectivity index (χ0n) is 19.7. The van der Waals surface area contributed by atoms with Crippen LogP contribution < -0.4 is 4.74 Å². The summed E-state index contributed by atoms with van der Waals surface area (Å²) in [7, 11) is 3.20. The lowest BCUT2D eigenvalue weighted by Crippen LogP contribution is -2.57. The molecule has 1 heterocycles. The fraction of sp³-hybridized carbons (Fsp3) is 0.577.